The molecule has 0 atom stereocenters. The summed E-state index contributed by atoms with van der Waals surface area (Å²) in [7, 11) is 0. The number of benzene rings is 1. The SMILES string of the molecule is CCc1nc(CNC(=O)c2nnn(-c3ccc(Cl)cc3)c2C)no1. The van der Waals surface area contributed by atoms with Crippen LogP contribution >= 0.6 is 11.6 Å². The second kappa shape index (κ2) is 6.79. The highest BCUT2D eigenvalue weighted by Crippen LogP contribution is 2.15. The van der Waals surface area contributed by atoms with Gasteiger partial charge in [0.05, 0.1) is 17.9 Å². The zero-order valence-electron chi connectivity index (χ0n) is 13.2. The fourth-order valence-electron chi connectivity index (χ4n) is 2.12. The largest absolute Gasteiger partial charge is 0.343 e. The molecule has 1 N–H and O–H groups in total. The molecule has 1 aromatic carbocycles. The van der Waals surface area contributed by atoms with Crippen molar-refractivity contribution in [3.05, 3.63) is 52.4 Å². The number of nitrogens with one attached hydrogen (secondary N) is 1. The Balaban J connectivity index is 1.72. The van der Waals surface area contributed by atoms with Crippen LogP contribution in [-0.4, -0.2) is 31.0 Å². The first-order valence-corrected chi connectivity index (χ1v) is 7.74. The van der Waals surface area contributed by atoms with Crippen molar-refractivity contribution in [3.63, 3.8) is 0 Å². The minimum atomic E-state index is -0.351. The summed E-state index contributed by atoms with van der Waals surface area (Å²) in [6, 6.07) is 7.10. The van der Waals surface area contributed by atoms with Crippen molar-refractivity contribution in [1.82, 2.24) is 30.5 Å². The van der Waals surface area contributed by atoms with Crippen LogP contribution in [0.15, 0.2) is 28.8 Å². The van der Waals surface area contributed by atoms with Crippen molar-refractivity contribution < 1.29 is 9.32 Å². The summed E-state index contributed by atoms with van der Waals surface area (Å²) in [6.45, 7) is 3.84. The highest BCUT2D eigenvalue weighted by molar-refractivity contribution is 6.30. The third kappa shape index (κ3) is 3.28. The lowest BCUT2D eigenvalue weighted by Crippen LogP contribution is -2.24. The van der Waals surface area contributed by atoms with E-state index in [9.17, 15) is 4.79 Å². The van der Waals surface area contributed by atoms with Crippen LogP contribution in [0.3, 0.4) is 0 Å². The van der Waals surface area contributed by atoms with E-state index in [4.69, 9.17) is 16.1 Å². The maximum absolute atomic E-state index is 12.3. The molecule has 8 nitrogen and oxygen atoms in total. The highest BCUT2D eigenvalue weighted by atomic mass is 35.5. The molecule has 0 unspecified atom stereocenters. The first-order valence-electron chi connectivity index (χ1n) is 7.36. The van der Waals surface area contributed by atoms with Crippen LogP contribution in [0.1, 0.15) is 34.8 Å². The number of aryl methyl sites for hydroxylation is 1. The molecule has 0 bridgehead atoms. The van der Waals surface area contributed by atoms with Crippen molar-refractivity contribution in [1.29, 1.82) is 0 Å². The molecule has 0 aliphatic heterocycles. The fraction of sp³-hybridized carbons (Fsp3) is 0.267. The summed E-state index contributed by atoms with van der Waals surface area (Å²) in [4.78, 5) is 16.4. The minimum absolute atomic E-state index is 0.162. The Bertz CT molecular complexity index is 855. The second-order valence-corrected chi connectivity index (χ2v) is 5.49. The maximum Gasteiger partial charge on any atom is 0.274 e. The Labute approximate surface area is 142 Å². The van der Waals surface area contributed by atoms with E-state index >= 15 is 0 Å². The molecular weight excluding hydrogens is 332 g/mol. The smallest absolute Gasteiger partial charge is 0.274 e. The van der Waals surface area contributed by atoms with Crippen LogP contribution in [0.5, 0.6) is 0 Å². The molecule has 24 heavy (non-hydrogen) atoms. The molecule has 0 saturated heterocycles. The fourth-order valence-corrected chi connectivity index (χ4v) is 2.24. The topological polar surface area (TPSA) is 98.7 Å². The van der Waals surface area contributed by atoms with Gasteiger partial charge in [-0.15, -0.1) is 5.10 Å². The van der Waals surface area contributed by atoms with E-state index in [0.717, 1.165) is 5.69 Å². The van der Waals surface area contributed by atoms with Crippen molar-refractivity contribution in [2.24, 2.45) is 0 Å². The molecular formula is C15H15ClN6O2. The predicted octanol–water partition coefficient (Wildman–Crippen LogP) is 2.10. The van der Waals surface area contributed by atoms with Crippen molar-refractivity contribution in [2.75, 3.05) is 0 Å². The number of hydrogen-bond donors (Lipinski definition) is 1. The van der Waals surface area contributed by atoms with Gasteiger partial charge in [-0.25, -0.2) is 4.68 Å². The molecule has 2 heterocycles. The Morgan fingerprint density at radius 1 is 1.33 bits per heavy atom. The number of amides is 1. The lowest BCUT2D eigenvalue weighted by molar-refractivity contribution is 0.0944. The lowest BCUT2D eigenvalue weighted by atomic mass is 10.3. The van der Waals surface area contributed by atoms with Crippen LogP contribution in [0.25, 0.3) is 5.69 Å². The van der Waals surface area contributed by atoms with E-state index in [0.29, 0.717) is 28.9 Å². The number of nitrogens with zero attached hydrogens (tertiary/aromatic N) is 5. The Morgan fingerprint density at radius 2 is 2.08 bits per heavy atom. The summed E-state index contributed by atoms with van der Waals surface area (Å²) < 4.78 is 6.57. The Hall–Kier alpha value is -2.74. The molecule has 124 valence electrons. The molecule has 1 amide bonds. The predicted molar refractivity (Wildman–Crippen MR) is 86.0 cm³/mol. The summed E-state index contributed by atoms with van der Waals surface area (Å²) >= 11 is 5.88. The molecule has 2 aromatic heterocycles. The van der Waals surface area contributed by atoms with Crippen LogP contribution in [0.4, 0.5) is 0 Å². The van der Waals surface area contributed by atoms with E-state index in [-0.39, 0.29) is 18.1 Å². The zero-order chi connectivity index (χ0) is 17.1. The van der Waals surface area contributed by atoms with Crippen molar-refractivity contribution in [3.8, 4) is 5.69 Å². The molecule has 3 rings (SSSR count). The van der Waals surface area contributed by atoms with Gasteiger partial charge >= 0.3 is 0 Å². The first-order chi connectivity index (χ1) is 11.6. The number of carbonyl (C=O) groups excluding carboxylic acids is 1. The maximum atomic E-state index is 12.3. The molecule has 0 aliphatic rings. The molecule has 0 radical (unpaired) electrons. The van der Waals surface area contributed by atoms with Crippen LogP contribution in [0, 0.1) is 6.92 Å². The monoisotopic (exact) mass is 346 g/mol. The number of halogens is 1. The Morgan fingerprint density at radius 3 is 2.75 bits per heavy atom. The normalized spacial score (nSPS) is 10.8. The third-order valence-corrected chi connectivity index (χ3v) is 3.65. The van der Waals surface area contributed by atoms with Crippen LogP contribution in [-0.2, 0) is 13.0 Å². The molecule has 0 aliphatic carbocycles. The zero-order valence-corrected chi connectivity index (χ0v) is 13.9. The summed E-state index contributed by atoms with van der Waals surface area (Å²) in [5, 5.41) is 15.1. The molecule has 0 saturated carbocycles. The van der Waals surface area contributed by atoms with Gasteiger partial charge in [0.1, 0.15) is 0 Å². The lowest BCUT2D eigenvalue weighted by Gasteiger charge is -2.04. The summed E-state index contributed by atoms with van der Waals surface area (Å²) in [6.07, 6.45) is 0.648. The molecule has 3 aromatic rings. The van der Waals surface area contributed by atoms with Gasteiger partial charge in [-0.1, -0.05) is 28.9 Å². The second-order valence-electron chi connectivity index (χ2n) is 5.05. The van der Waals surface area contributed by atoms with Gasteiger partial charge in [-0.2, -0.15) is 4.98 Å². The Kier molecular flexibility index (Phi) is 4.57. The first kappa shape index (κ1) is 16.1. The van der Waals surface area contributed by atoms with Gasteiger partial charge in [0, 0.05) is 11.4 Å². The standard InChI is InChI=1S/C15H15ClN6O2/c1-3-13-18-12(20-24-13)8-17-15(23)14-9(2)22(21-19-14)11-6-4-10(16)5-7-11/h4-7H,3,8H2,1-2H3,(H,17,23). The van der Waals surface area contributed by atoms with E-state index in [1.165, 1.54) is 0 Å². The van der Waals surface area contributed by atoms with Crippen molar-refractivity contribution in [2.45, 2.75) is 26.8 Å². The molecule has 0 spiro atoms. The van der Waals surface area contributed by atoms with E-state index in [2.05, 4.69) is 25.8 Å². The number of carbonyl (C=O) groups is 1. The number of rotatable bonds is 5. The van der Waals surface area contributed by atoms with Crippen LogP contribution in [0.2, 0.25) is 5.02 Å². The average Bonchev–Trinajstić information content (AvgIpc) is 3.20. The number of aromatic nitrogens is 5. The third-order valence-electron chi connectivity index (χ3n) is 3.40. The van der Waals surface area contributed by atoms with Crippen LogP contribution < -0.4 is 5.32 Å². The van der Waals surface area contributed by atoms with Gasteiger partial charge in [0.25, 0.3) is 5.91 Å². The summed E-state index contributed by atoms with van der Waals surface area (Å²) in [5.74, 6) is 0.600. The summed E-state index contributed by atoms with van der Waals surface area (Å²) in [5.41, 5.74) is 1.63. The average molecular weight is 347 g/mol. The van der Waals surface area contributed by atoms with E-state index in [1.807, 2.05) is 6.92 Å². The van der Waals surface area contributed by atoms with Gasteiger partial charge in [0.2, 0.25) is 5.89 Å². The molecule has 9 heteroatoms. The van der Waals surface area contributed by atoms with Gasteiger partial charge in [0.15, 0.2) is 11.5 Å². The van der Waals surface area contributed by atoms with Crippen molar-refractivity contribution >= 4 is 17.5 Å². The molecule has 0 fully saturated rings. The van der Waals surface area contributed by atoms with Gasteiger partial charge in [-0.3, -0.25) is 4.79 Å². The van der Waals surface area contributed by atoms with Gasteiger partial charge < -0.3 is 9.84 Å². The quantitative estimate of drug-likeness (QED) is 0.759. The minimum Gasteiger partial charge on any atom is -0.343 e. The van der Waals surface area contributed by atoms with Gasteiger partial charge in [-0.05, 0) is 31.2 Å². The van der Waals surface area contributed by atoms with E-state index < -0.39 is 0 Å². The number of hydrogen-bond acceptors (Lipinski definition) is 6. The van der Waals surface area contributed by atoms with E-state index in [1.54, 1.807) is 35.9 Å². The highest BCUT2D eigenvalue weighted by Gasteiger charge is 2.18.